The average Bonchev–Trinajstić information content (AvgIpc) is 2.72. The van der Waals surface area contributed by atoms with Crippen LogP contribution in [-0.4, -0.2) is 4.40 Å². The zero-order valence-electron chi connectivity index (χ0n) is 6.86. The van der Waals surface area contributed by atoms with E-state index >= 15 is 0 Å². The SMILES string of the molecule is N#Cc1cc2ccc3cccc1n32. The molecule has 0 unspecified atom stereocenters. The van der Waals surface area contributed by atoms with Crippen LogP contribution in [0.4, 0.5) is 0 Å². The van der Waals surface area contributed by atoms with Gasteiger partial charge in [0.2, 0.25) is 0 Å². The molecule has 0 radical (unpaired) electrons. The van der Waals surface area contributed by atoms with E-state index < -0.39 is 0 Å². The Kier molecular flexibility index (Phi) is 1.01. The average molecular weight is 166 g/mol. The second-order valence-corrected chi connectivity index (χ2v) is 3.10. The van der Waals surface area contributed by atoms with Gasteiger partial charge in [-0.1, -0.05) is 6.07 Å². The van der Waals surface area contributed by atoms with Gasteiger partial charge in [-0.15, -0.1) is 0 Å². The molecule has 2 heteroatoms. The minimum atomic E-state index is 0.751. The summed E-state index contributed by atoms with van der Waals surface area (Å²) in [5, 5.41) is 8.88. The lowest BCUT2D eigenvalue weighted by molar-refractivity contribution is 1.34. The molecule has 3 aromatic rings. The summed E-state index contributed by atoms with van der Waals surface area (Å²) in [6.45, 7) is 0. The lowest BCUT2D eigenvalue weighted by atomic mass is 10.2. The van der Waals surface area contributed by atoms with E-state index in [4.69, 9.17) is 5.26 Å². The molecule has 13 heavy (non-hydrogen) atoms. The standard InChI is InChI=1S/C11H6N2/c12-7-8-6-10-5-4-9-2-1-3-11(8)13(9)10/h1-6H. The lowest BCUT2D eigenvalue weighted by Gasteiger charge is -1.94. The third-order valence-electron chi connectivity index (χ3n) is 2.39. The highest BCUT2D eigenvalue weighted by Crippen LogP contribution is 2.22. The maximum Gasteiger partial charge on any atom is 0.101 e. The summed E-state index contributed by atoms with van der Waals surface area (Å²) in [5.74, 6) is 0. The molecule has 3 rings (SSSR count). The van der Waals surface area contributed by atoms with Gasteiger partial charge in [-0.3, -0.25) is 0 Å². The van der Waals surface area contributed by atoms with Gasteiger partial charge >= 0.3 is 0 Å². The smallest absolute Gasteiger partial charge is 0.101 e. The highest BCUT2D eigenvalue weighted by molar-refractivity contribution is 5.79. The summed E-state index contributed by atoms with van der Waals surface area (Å²) < 4.78 is 2.10. The van der Waals surface area contributed by atoms with Crippen LogP contribution in [0.5, 0.6) is 0 Å². The topological polar surface area (TPSA) is 28.2 Å². The molecule has 0 amide bonds. The Labute approximate surface area is 75.0 Å². The van der Waals surface area contributed by atoms with Crippen molar-refractivity contribution in [3.8, 4) is 6.07 Å². The molecule has 60 valence electrons. The number of aromatic nitrogens is 1. The molecule has 0 saturated carbocycles. The van der Waals surface area contributed by atoms with Crippen LogP contribution >= 0.6 is 0 Å². The van der Waals surface area contributed by atoms with Crippen LogP contribution in [0.3, 0.4) is 0 Å². The van der Waals surface area contributed by atoms with Crippen molar-refractivity contribution in [3.05, 3.63) is 42.0 Å². The van der Waals surface area contributed by atoms with Crippen molar-refractivity contribution in [2.45, 2.75) is 0 Å². The molecule has 0 aliphatic rings. The third-order valence-corrected chi connectivity index (χ3v) is 2.39. The van der Waals surface area contributed by atoms with Gasteiger partial charge in [0.15, 0.2) is 0 Å². The van der Waals surface area contributed by atoms with Crippen LogP contribution in [0, 0.1) is 11.3 Å². The quantitative estimate of drug-likeness (QED) is 0.504. The molecule has 0 spiro atoms. The molecule has 0 atom stereocenters. The number of hydrogen-bond donors (Lipinski definition) is 0. The number of pyridine rings is 1. The largest absolute Gasteiger partial charge is 0.309 e. The summed E-state index contributed by atoms with van der Waals surface area (Å²) in [6, 6.07) is 14.2. The Balaban J connectivity index is 2.71. The van der Waals surface area contributed by atoms with E-state index in [0.717, 1.165) is 22.1 Å². The molecule has 0 saturated heterocycles. The molecule has 0 aliphatic heterocycles. The zero-order valence-corrected chi connectivity index (χ0v) is 6.86. The van der Waals surface area contributed by atoms with Gasteiger partial charge in [0.05, 0.1) is 11.1 Å². The van der Waals surface area contributed by atoms with Gasteiger partial charge in [0, 0.05) is 11.0 Å². The summed E-state index contributed by atoms with van der Waals surface area (Å²) >= 11 is 0. The second-order valence-electron chi connectivity index (χ2n) is 3.10. The van der Waals surface area contributed by atoms with Gasteiger partial charge in [-0.05, 0) is 30.3 Å². The fourth-order valence-electron chi connectivity index (χ4n) is 1.82. The third kappa shape index (κ3) is 0.664. The molecule has 0 N–H and O–H groups in total. The first-order valence-corrected chi connectivity index (χ1v) is 4.13. The predicted molar refractivity (Wildman–Crippen MR) is 50.8 cm³/mol. The van der Waals surface area contributed by atoms with Gasteiger partial charge in [0.25, 0.3) is 0 Å². The molecule has 0 bridgehead atoms. The van der Waals surface area contributed by atoms with E-state index in [9.17, 15) is 0 Å². The van der Waals surface area contributed by atoms with Gasteiger partial charge in [-0.25, -0.2) is 0 Å². The van der Waals surface area contributed by atoms with Crippen molar-refractivity contribution in [2.75, 3.05) is 0 Å². The van der Waals surface area contributed by atoms with Crippen LogP contribution < -0.4 is 0 Å². The Morgan fingerprint density at radius 1 is 1.08 bits per heavy atom. The van der Waals surface area contributed by atoms with E-state index in [1.807, 2.05) is 30.3 Å². The second kappa shape index (κ2) is 2.02. The number of rotatable bonds is 0. The van der Waals surface area contributed by atoms with E-state index in [2.05, 4.69) is 16.5 Å². The van der Waals surface area contributed by atoms with Crippen LogP contribution in [0.15, 0.2) is 36.4 Å². The van der Waals surface area contributed by atoms with Gasteiger partial charge in [0.1, 0.15) is 6.07 Å². The van der Waals surface area contributed by atoms with Crippen molar-refractivity contribution < 1.29 is 0 Å². The highest BCUT2D eigenvalue weighted by Gasteiger charge is 2.07. The number of nitriles is 1. The summed E-state index contributed by atoms with van der Waals surface area (Å²) in [4.78, 5) is 0. The fraction of sp³-hybridized carbons (Fsp3) is 0. The Morgan fingerprint density at radius 2 is 1.92 bits per heavy atom. The van der Waals surface area contributed by atoms with Crippen LogP contribution in [-0.2, 0) is 0 Å². The molecule has 0 aliphatic carbocycles. The Hall–Kier alpha value is -2.01. The van der Waals surface area contributed by atoms with E-state index in [0.29, 0.717) is 0 Å². The first-order chi connectivity index (χ1) is 6.40. The molecule has 0 aromatic carbocycles. The van der Waals surface area contributed by atoms with Gasteiger partial charge < -0.3 is 4.40 Å². The zero-order chi connectivity index (χ0) is 8.84. The molecule has 3 heterocycles. The highest BCUT2D eigenvalue weighted by atomic mass is 14.9. The summed E-state index contributed by atoms with van der Waals surface area (Å²) in [7, 11) is 0. The molecular weight excluding hydrogens is 160 g/mol. The van der Waals surface area contributed by atoms with E-state index in [1.165, 1.54) is 0 Å². The van der Waals surface area contributed by atoms with Gasteiger partial charge in [-0.2, -0.15) is 5.26 Å². The summed E-state index contributed by atoms with van der Waals surface area (Å²) in [6.07, 6.45) is 0. The molecule has 0 fully saturated rings. The number of nitrogens with zero attached hydrogens (tertiary/aromatic N) is 2. The maximum absolute atomic E-state index is 8.88. The fourth-order valence-corrected chi connectivity index (χ4v) is 1.82. The monoisotopic (exact) mass is 166 g/mol. The van der Waals surface area contributed by atoms with Crippen molar-refractivity contribution in [3.63, 3.8) is 0 Å². The van der Waals surface area contributed by atoms with Crippen molar-refractivity contribution in [1.82, 2.24) is 4.40 Å². The van der Waals surface area contributed by atoms with Crippen molar-refractivity contribution >= 4 is 16.6 Å². The minimum Gasteiger partial charge on any atom is -0.309 e. The number of hydrogen-bond acceptors (Lipinski definition) is 1. The van der Waals surface area contributed by atoms with Crippen molar-refractivity contribution in [2.24, 2.45) is 0 Å². The first-order valence-electron chi connectivity index (χ1n) is 4.13. The Bertz CT molecular complexity index is 608. The van der Waals surface area contributed by atoms with Crippen molar-refractivity contribution in [1.29, 1.82) is 5.26 Å². The summed E-state index contributed by atoms with van der Waals surface area (Å²) in [5.41, 5.74) is 4.00. The van der Waals surface area contributed by atoms with Crippen LogP contribution in [0.2, 0.25) is 0 Å². The first kappa shape index (κ1) is 6.50. The maximum atomic E-state index is 8.88. The van der Waals surface area contributed by atoms with E-state index in [1.54, 1.807) is 0 Å². The van der Waals surface area contributed by atoms with Crippen LogP contribution in [0.1, 0.15) is 5.56 Å². The Morgan fingerprint density at radius 3 is 2.77 bits per heavy atom. The van der Waals surface area contributed by atoms with E-state index in [-0.39, 0.29) is 0 Å². The normalized spacial score (nSPS) is 11.0. The molecular formula is C11H6N2. The minimum absolute atomic E-state index is 0.751. The predicted octanol–water partition coefficient (Wildman–Crippen LogP) is 2.40. The lowest BCUT2D eigenvalue weighted by Crippen LogP contribution is -1.80. The molecule has 2 nitrogen and oxygen atoms in total. The van der Waals surface area contributed by atoms with Crippen LogP contribution in [0.25, 0.3) is 16.6 Å². The molecule has 3 aromatic heterocycles.